The molecule has 1 amide bonds. The lowest BCUT2D eigenvalue weighted by Gasteiger charge is -2.23. The summed E-state index contributed by atoms with van der Waals surface area (Å²) in [7, 11) is 0. The molecule has 0 aromatic carbocycles. The molecule has 2 N–H and O–H groups in total. The van der Waals surface area contributed by atoms with E-state index in [9.17, 15) is 14.4 Å². The first-order valence-corrected chi connectivity index (χ1v) is 6.35. The number of likely N-dealkylation sites (tertiary alicyclic amines) is 1. The summed E-state index contributed by atoms with van der Waals surface area (Å²) in [6, 6.07) is 0.104. The highest BCUT2D eigenvalue weighted by Gasteiger charge is 2.24. The molecule has 19 heavy (non-hydrogen) atoms. The summed E-state index contributed by atoms with van der Waals surface area (Å²) < 4.78 is 0. The van der Waals surface area contributed by atoms with E-state index in [0.717, 1.165) is 13.0 Å². The van der Waals surface area contributed by atoms with Crippen molar-refractivity contribution in [1.82, 2.24) is 4.90 Å². The van der Waals surface area contributed by atoms with E-state index in [-0.39, 0.29) is 11.9 Å². The SMILES string of the molecule is CC(CCC=CC(C(=O)O)C(=O)O)N1CCCC1=O. The van der Waals surface area contributed by atoms with Gasteiger partial charge in [0.25, 0.3) is 0 Å². The number of hydrogen-bond donors (Lipinski definition) is 2. The van der Waals surface area contributed by atoms with Gasteiger partial charge < -0.3 is 15.1 Å². The van der Waals surface area contributed by atoms with Crippen LogP contribution in [0.3, 0.4) is 0 Å². The van der Waals surface area contributed by atoms with Gasteiger partial charge in [0.2, 0.25) is 5.91 Å². The summed E-state index contributed by atoms with van der Waals surface area (Å²) in [6.45, 7) is 2.72. The molecule has 0 spiro atoms. The van der Waals surface area contributed by atoms with Gasteiger partial charge in [-0.25, -0.2) is 0 Å². The lowest BCUT2D eigenvalue weighted by atomic mass is 10.1. The zero-order chi connectivity index (χ0) is 14.4. The van der Waals surface area contributed by atoms with Crippen LogP contribution in [-0.2, 0) is 14.4 Å². The topological polar surface area (TPSA) is 94.9 Å². The van der Waals surface area contributed by atoms with Gasteiger partial charge in [-0.1, -0.05) is 12.2 Å². The maximum Gasteiger partial charge on any atom is 0.321 e. The molecule has 6 heteroatoms. The summed E-state index contributed by atoms with van der Waals surface area (Å²) in [5.74, 6) is -4.08. The molecule has 1 unspecified atom stereocenters. The predicted octanol–water partition coefficient (Wildman–Crippen LogP) is 1.12. The Balaban J connectivity index is 2.38. The Morgan fingerprint density at radius 3 is 2.47 bits per heavy atom. The molecule has 1 heterocycles. The van der Waals surface area contributed by atoms with Crippen LogP contribution in [0.4, 0.5) is 0 Å². The number of amides is 1. The monoisotopic (exact) mass is 269 g/mol. The van der Waals surface area contributed by atoms with E-state index in [1.54, 1.807) is 6.08 Å². The van der Waals surface area contributed by atoms with Crippen molar-refractivity contribution in [3.05, 3.63) is 12.2 Å². The van der Waals surface area contributed by atoms with Crippen molar-refractivity contribution in [2.45, 2.75) is 38.6 Å². The maximum atomic E-state index is 11.5. The third kappa shape index (κ3) is 4.39. The van der Waals surface area contributed by atoms with Crippen molar-refractivity contribution in [2.24, 2.45) is 5.92 Å². The van der Waals surface area contributed by atoms with Crippen molar-refractivity contribution in [1.29, 1.82) is 0 Å². The normalized spacial score (nSPS) is 17.4. The molecule has 0 saturated carbocycles. The summed E-state index contributed by atoms with van der Waals surface area (Å²) in [6.07, 6.45) is 5.49. The van der Waals surface area contributed by atoms with Gasteiger partial charge in [-0.15, -0.1) is 0 Å². The van der Waals surface area contributed by atoms with Gasteiger partial charge in [0.15, 0.2) is 5.92 Å². The molecule has 1 atom stereocenters. The summed E-state index contributed by atoms with van der Waals surface area (Å²) >= 11 is 0. The Labute approximate surface area is 111 Å². The highest BCUT2D eigenvalue weighted by atomic mass is 16.4. The molecular formula is C13H19NO5. The van der Waals surface area contributed by atoms with Gasteiger partial charge in [0.05, 0.1) is 0 Å². The number of carbonyl (C=O) groups excluding carboxylic acids is 1. The minimum atomic E-state index is -1.50. The van der Waals surface area contributed by atoms with Gasteiger partial charge in [-0.2, -0.15) is 0 Å². The third-order valence-electron chi connectivity index (χ3n) is 3.25. The fourth-order valence-corrected chi connectivity index (χ4v) is 2.13. The van der Waals surface area contributed by atoms with E-state index in [0.29, 0.717) is 19.3 Å². The van der Waals surface area contributed by atoms with E-state index in [1.807, 2.05) is 11.8 Å². The molecule has 0 aromatic heterocycles. The second-order valence-corrected chi connectivity index (χ2v) is 4.70. The number of carboxylic acids is 2. The second-order valence-electron chi connectivity index (χ2n) is 4.70. The average molecular weight is 269 g/mol. The molecule has 1 aliphatic rings. The number of nitrogens with zero attached hydrogens (tertiary/aromatic N) is 1. The van der Waals surface area contributed by atoms with Crippen LogP contribution in [0.2, 0.25) is 0 Å². The van der Waals surface area contributed by atoms with Crippen LogP contribution in [0, 0.1) is 5.92 Å². The van der Waals surface area contributed by atoms with E-state index in [1.165, 1.54) is 6.08 Å². The first-order valence-electron chi connectivity index (χ1n) is 6.35. The van der Waals surface area contributed by atoms with Crippen LogP contribution in [0.1, 0.15) is 32.6 Å². The smallest absolute Gasteiger partial charge is 0.321 e. The number of carbonyl (C=O) groups is 3. The maximum absolute atomic E-state index is 11.5. The number of aliphatic carboxylic acids is 2. The van der Waals surface area contributed by atoms with E-state index < -0.39 is 17.9 Å². The highest BCUT2D eigenvalue weighted by molar-refractivity contribution is 5.94. The number of carboxylic acid groups (broad SMARTS) is 2. The Morgan fingerprint density at radius 2 is 2.00 bits per heavy atom. The summed E-state index contributed by atoms with van der Waals surface area (Å²) in [5.41, 5.74) is 0. The Bertz CT molecular complexity index is 376. The molecule has 0 aromatic rings. The average Bonchev–Trinajstić information content (AvgIpc) is 2.73. The lowest BCUT2D eigenvalue weighted by molar-refractivity contribution is -0.151. The summed E-state index contributed by atoms with van der Waals surface area (Å²) in [5, 5.41) is 17.3. The van der Waals surface area contributed by atoms with E-state index in [2.05, 4.69) is 0 Å². The van der Waals surface area contributed by atoms with Crippen LogP contribution in [0.15, 0.2) is 12.2 Å². The van der Waals surface area contributed by atoms with Crippen molar-refractivity contribution in [3.8, 4) is 0 Å². The van der Waals surface area contributed by atoms with Gasteiger partial charge in [0.1, 0.15) is 0 Å². The number of allylic oxidation sites excluding steroid dienone is 1. The van der Waals surface area contributed by atoms with Gasteiger partial charge in [-0.05, 0) is 26.2 Å². The van der Waals surface area contributed by atoms with Crippen LogP contribution in [0.5, 0.6) is 0 Å². The minimum Gasteiger partial charge on any atom is -0.480 e. The molecule has 0 aliphatic carbocycles. The fraction of sp³-hybridized carbons (Fsp3) is 0.615. The molecule has 1 aliphatic heterocycles. The van der Waals surface area contributed by atoms with Gasteiger partial charge >= 0.3 is 11.9 Å². The standard InChI is InChI=1S/C13H19NO5/c1-9(14-8-4-7-11(14)15)5-2-3-6-10(12(16)17)13(18)19/h3,6,9-10H,2,4-5,7-8H2,1H3,(H,16,17)(H,18,19). The predicted molar refractivity (Wildman–Crippen MR) is 67.5 cm³/mol. The number of hydrogen-bond acceptors (Lipinski definition) is 3. The summed E-state index contributed by atoms with van der Waals surface area (Å²) in [4.78, 5) is 34.6. The second kappa shape index (κ2) is 6.92. The molecule has 0 bridgehead atoms. The van der Waals surface area contributed by atoms with Crippen LogP contribution < -0.4 is 0 Å². The fourth-order valence-electron chi connectivity index (χ4n) is 2.13. The Morgan fingerprint density at radius 1 is 1.37 bits per heavy atom. The van der Waals surface area contributed by atoms with E-state index >= 15 is 0 Å². The van der Waals surface area contributed by atoms with Crippen LogP contribution in [0.25, 0.3) is 0 Å². The third-order valence-corrected chi connectivity index (χ3v) is 3.25. The molecule has 1 saturated heterocycles. The molecule has 1 fully saturated rings. The van der Waals surface area contributed by atoms with Crippen molar-refractivity contribution in [2.75, 3.05) is 6.54 Å². The van der Waals surface area contributed by atoms with Crippen LogP contribution in [-0.4, -0.2) is 45.5 Å². The zero-order valence-corrected chi connectivity index (χ0v) is 10.9. The first-order chi connectivity index (χ1) is 8.93. The highest BCUT2D eigenvalue weighted by Crippen LogP contribution is 2.16. The van der Waals surface area contributed by atoms with Crippen molar-refractivity contribution >= 4 is 17.8 Å². The molecule has 106 valence electrons. The van der Waals surface area contributed by atoms with Crippen molar-refractivity contribution in [3.63, 3.8) is 0 Å². The minimum absolute atomic E-state index is 0.104. The lowest BCUT2D eigenvalue weighted by Crippen LogP contribution is -2.33. The Hall–Kier alpha value is -1.85. The Kier molecular flexibility index (Phi) is 5.54. The zero-order valence-electron chi connectivity index (χ0n) is 10.9. The van der Waals surface area contributed by atoms with E-state index in [4.69, 9.17) is 10.2 Å². The molecule has 0 radical (unpaired) electrons. The first kappa shape index (κ1) is 15.2. The molecule has 1 rings (SSSR count). The molecule has 6 nitrogen and oxygen atoms in total. The van der Waals surface area contributed by atoms with Crippen LogP contribution >= 0.6 is 0 Å². The van der Waals surface area contributed by atoms with Gasteiger partial charge in [0, 0.05) is 19.0 Å². The quantitative estimate of drug-likeness (QED) is 0.533. The van der Waals surface area contributed by atoms with Gasteiger partial charge in [-0.3, -0.25) is 14.4 Å². The number of rotatable bonds is 7. The largest absolute Gasteiger partial charge is 0.480 e. The van der Waals surface area contributed by atoms with Crippen molar-refractivity contribution < 1.29 is 24.6 Å². The molecular weight excluding hydrogens is 250 g/mol.